The maximum absolute atomic E-state index is 12.1. The number of H-pyrrole nitrogens is 2. The fourth-order valence-corrected chi connectivity index (χ4v) is 4.28. The molecule has 45 heavy (non-hydrogen) atoms. The Morgan fingerprint density at radius 1 is 0.756 bits per heavy atom. The third-order valence-electron chi connectivity index (χ3n) is 6.48. The molecule has 2 amide bonds. The Morgan fingerprint density at radius 3 is 1.91 bits per heavy atom. The third kappa shape index (κ3) is 8.88. The van der Waals surface area contributed by atoms with Gasteiger partial charge in [0.25, 0.3) is 5.91 Å². The molecule has 4 N–H and O–H groups in total. The average Bonchev–Trinajstić information content (AvgIpc) is 3.87. The van der Waals surface area contributed by atoms with Crippen molar-refractivity contribution in [3.63, 3.8) is 0 Å². The molecule has 0 bridgehead atoms. The Kier molecular flexibility index (Phi) is 10.8. The highest BCUT2D eigenvalue weighted by Gasteiger charge is 2.24. The standard InChI is InChI=1S/C17H14N2O3.C12H11NO3.C5H5NO/c1-22-16(20)7-5-11-4-6-15-13(9-11)14(17(21)19-15)10-12-3-2-8-18-12;1-16-12(15)5-3-8-2-4-10-9(6-8)7-11(14)13-10;7-4-5-2-1-3-6-5/h2-10,18H,1H3,(H,19,21);2-6H,7H2,1H3,(H,13,14);1-4,6H/b7-5+,14-10-;5-3+;. The van der Waals surface area contributed by atoms with Crippen LogP contribution in [0.25, 0.3) is 23.8 Å². The van der Waals surface area contributed by atoms with Crippen molar-refractivity contribution in [3.8, 4) is 0 Å². The first kappa shape index (κ1) is 31.7. The molecule has 4 aromatic rings. The molecule has 0 fully saturated rings. The van der Waals surface area contributed by atoms with Gasteiger partial charge in [-0.25, -0.2) is 9.59 Å². The maximum atomic E-state index is 12.1. The number of esters is 2. The number of nitrogens with one attached hydrogen (secondary N) is 4. The van der Waals surface area contributed by atoms with Crippen LogP contribution in [-0.2, 0) is 35.1 Å². The lowest BCUT2D eigenvalue weighted by Gasteiger charge is -2.00. The molecular formula is C34H30N4O7. The zero-order valence-electron chi connectivity index (χ0n) is 24.5. The van der Waals surface area contributed by atoms with E-state index in [1.807, 2.05) is 48.5 Å². The van der Waals surface area contributed by atoms with Crippen LogP contribution in [0.5, 0.6) is 0 Å². The second-order valence-corrected chi connectivity index (χ2v) is 9.54. The number of fused-ring (bicyclic) bond motifs is 2. The molecule has 0 aliphatic carbocycles. The molecule has 0 spiro atoms. The van der Waals surface area contributed by atoms with Gasteiger partial charge in [-0.1, -0.05) is 12.1 Å². The van der Waals surface area contributed by atoms with Gasteiger partial charge in [-0.3, -0.25) is 14.4 Å². The van der Waals surface area contributed by atoms with Gasteiger partial charge in [0.2, 0.25) is 5.91 Å². The first-order valence-corrected chi connectivity index (χ1v) is 13.6. The molecule has 2 aromatic carbocycles. The zero-order chi connectivity index (χ0) is 32.2. The van der Waals surface area contributed by atoms with Crippen LogP contribution in [-0.4, -0.2) is 54.2 Å². The van der Waals surface area contributed by atoms with Crippen molar-refractivity contribution in [1.29, 1.82) is 0 Å². The van der Waals surface area contributed by atoms with Gasteiger partial charge in [0.05, 0.1) is 31.9 Å². The first-order valence-electron chi connectivity index (χ1n) is 13.6. The molecule has 11 heteroatoms. The summed E-state index contributed by atoms with van der Waals surface area (Å²) in [4.78, 5) is 60.9. The van der Waals surface area contributed by atoms with Crippen LogP contribution in [0.3, 0.4) is 0 Å². The van der Waals surface area contributed by atoms with Crippen molar-refractivity contribution in [2.24, 2.45) is 0 Å². The van der Waals surface area contributed by atoms with E-state index in [4.69, 9.17) is 0 Å². The van der Waals surface area contributed by atoms with E-state index in [-0.39, 0.29) is 11.8 Å². The van der Waals surface area contributed by atoms with E-state index in [9.17, 15) is 24.0 Å². The highest BCUT2D eigenvalue weighted by molar-refractivity contribution is 6.34. The summed E-state index contributed by atoms with van der Waals surface area (Å²) in [5.41, 5.74) is 7.14. The number of aromatic nitrogens is 2. The average molecular weight is 607 g/mol. The summed E-state index contributed by atoms with van der Waals surface area (Å²) in [6.07, 6.45) is 12.5. The highest BCUT2D eigenvalue weighted by atomic mass is 16.5. The number of anilines is 2. The van der Waals surface area contributed by atoms with E-state index >= 15 is 0 Å². The third-order valence-corrected chi connectivity index (χ3v) is 6.48. The van der Waals surface area contributed by atoms with Gasteiger partial charge in [-0.2, -0.15) is 0 Å². The Hall–Kier alpha value is -6.23. The largest absolute Gasteiger partial charge is 0.466 e. The number of carbonyl (C=O) groups excluding carboxylic acids is 5. The van der Waals surface area contributed by atoms with Crippen LogP contribution in [0, 0.1) is 0 Å². The van der Waals surface area contributed by atoms with Crippen molar-refractivity contribution < 1.29 is 33.4 Å². The van der Waals surface area contributed by atoms with Gasteiger partial charge in [-0.05, 0) is 83.4 Å². The van der Waals surface area contributed by atoms with Crippen molar-refractivity contribution in [2.45, 2.75) is 6.42 Å². The van der Waals surface area contributed by atoms with Crippen LogP contribution < -0.4 is 10.6 Å². The summed E-state index contributed by atoms with van der Waals surface area (Å²) in [5, 5.41) is 5.57. The fourth-order valence-electron chi connectivity index (χ4n) is 4.28. The van der Waals surface area contributed by atoms with E-state index in [0.29, 0.717) is 17.7 Å². The van der Waals surface area contributed by atoms with Gasteiger partial charge in [-0.15, -0.1) is 0 Å². The second kappa shape index (κ2) is 15.3. The first-order chi connectivity index (χ1) is 21.8. The number of ether oxygens (including phenoxy) is 2. The number of hydrogen-bond donors (Lipinski definition) is 4. The normalized spacial score (nSPS) is 13.6. The number of benzene rings is 2. The maximum Gasteiger partial charge on any atom is 0.330 e. The predicted octanol–water partition coefficient (Wildman–Crippen LogP) is 4.89. The molecule has 0 radical (unpaired) electrons. The van der Waals surface area contributed by atoms with Crippen molar-refractivity contribution in [1.82, 2.24) is 9.97 Å². The molecule has 2 aliphatic heterocycles. The van der Waals surface area contributed by atoms with E-state index < -0.39 is 11.9 Å². The number of carbonyl (C=O) groups is 5. The number of hydrogen-bond acceptors (Lipinski definition) is 7. The van der Waals surface area contributed by atoms with Crippen LogP contribution >= 0.6 is 0 Å². The van der Waals surface area contributed by atoms with E-state index in [1.54, 1.807) is 42.8 Å². The minimum atomic E-state index is -0.420. The summed E-state index contributed by atoms with van der Waals surface area (Å²) >= 11 is 0. The topological polar surface area (TPSA) is 159 Å². The van der Waals surface area contributed by atoms with Crippen molar-refractivity contribution >= 4 is 65.2 Å². The summed E-state index contributed by atoms with van der Waals surface area (Å²) in [6.45, 7) is 0. The molecule has 2 aromatic heterocycles. The van der Waals surface area contributed by atoms with Gasteiger partial charge < -0.3 is 30.1 Å². The quantitative estimate of drug-likeness (QED) is 0.138. The summed E-state index contributed by atoms with van der Waals surface area (Å²) < 4.78 is 9.05. The predicted molar refractivity (Wildman–Crippen MR) is 171 cm³/mol. The number of amides is 2. The number of rotatable bonds is 6. The minimum absolute atomic E-state index is 0.00379. The molecule has 2 aliphatic rings. The molecule has 0 unspecified atom stereocenters. The monoisotopic (exact) mass is 606 g/mol. The fraction of sp³-hybridized carbons (Fsp3) is 0.0882. The zero-order valence-corrected chi connectivity index (χ0v) is 24.5. The second-order valence-electron chi connectivity index (χ2n) is 9.54. The molecule has 0 saturated carbocycles. The van der Waals surface area contributed by atoms with Crippen molar-refractivity contribution in [3.05, 3.63) is 119 Å². The molecule has 6 rings (SSSR count). The summed E-state index contributed by atoms with van der Waals surface area (Å²) in [7, 11) is 2.66. The molecule has 11 nitrogen and oxygen atoms in total. The van der Waals surface area contributed by atoms with E-state index in [0.717, 1.165) is 45.6 Å². The Labute approximate surface area is 258 Å². The van der Waals surface area contributed by atoms with Gasteiger partial charge in [0.15, 0.2) is 6.29 Å². The lowest BCUT2D eigenvalue weighted by molar-refractivity contribution is -0.135. The Bertz CT molecular complexity index is 1780. The Balaban J connectivity index is 0.000000174. The van der Waals surface area contributed by atoms with Crippen LogP contribution in [0.4, 0.5) is 11.4 Å². The van der Waals surface area contributed by atoms with Crippen LogP contribution in [0.15, 0.2) is 85.2 Å². The number of methoxy groups -OCH3 is 2. The smallest absolute Gasteiger partial charge is 0.330 e. The Morgan fingerprint density at radius 2 is 1.36 bits per heavy atom. The van der Waals surface area contributed by atoms with Crippen molar-refractivity contribution in [2.75, 3.05) is 24.9 Å². The van der Waals surface area contributed by atoms with Crippen LogP contribution in [0.2, 0.25) is 0 Å². The molecule has 0 atom stereocenters. The van der Waals surface area contributed by atoms with Gasteiger partial charge >= 0.3 is 11.9 Å². The van der Waals surface area contributed by atoms with Gasteiger partial charge in [0.1, 0.15) is 0 Å². The van der Waals surface area contributed by atoms with E-state index in [1.165, 1.54) is 26.4 Å². The van der Waals surface area contributed by atoms with Gasteiger partial charge in [0, 0.05) is 47.2 Å². The minimum Gasteiger partial charge on any atom is -0.466 e. The summed E-state index contributed by atoms with van der Waals surface area (Å²) in [5.74, 6) is -0.950. The van der Waals surface area contributed by atoms with E-state index in [2.05, 4.69) is 30.1 Å². The molecule has 4 heterocycles. The lowest BCUT2D eigenvalue weighted by atomic mass is 10.0. The van der Waals surface area contributed by atoms with Crippen LogP contribution in [0.1, 0.15) is 38.4 Å². The molecular weight excluding hydrogens is 576 g/mol. The molecule has 0 saturated heterocycles. The molecule has 228 valence electrons. The SMILES string of the molecule is COC(=O)/C=C/c1ccc2c(c1)/C(=C/c1ccc[nH]1)C(=O)N2.COC(=O)/C=C/c1ccc2c(c1)CC(=O)N2.O=Cc1ccc[nH]1. The number of aromatic amines is 2. The highest BCUT2D eigenvalue weighted by Crippen LogP contribution is 2.34. The summed E-state index contributed by atoms with van der Waals surface area (Å²) in [6, 6.07) is 18.3. The lowest BCUT2D eigenvalue weighted by Crippen LogP contribution is -2.03. The number of aldehydes is 1.